The summed E-state index contributed by atoms with van der Waals surface area (Å²) < 4.78 is 82.6. The number of benzene rings is 4. The molecule has 220 valence electrons. The highest BCUT2D eigenvalue weighted by molar-refractivity contribution is 7.87. The fourth-order valence-corrected chi connectivity index (χ4v) is 6.19. The van der Waals surface area contributed by atoms with Crippen LogP contribution in [0.15, 0.2) is 115 Å². The van der Waals surface area contributed by atoms with Gasteiger partial charge < -0.3 is 9.08 Å². The van der Waals surface area contributed by atoms with E-state index in [0.29, 0.717) is 0 Å². The molecule has 0 spiro atoms. The highest BCUT2D eigenvalue weighted by Gasteiger charge is 2.57. The zero-order valence-electron chi connectivity index (χ0n) is 22.4. The molecule has 43 heavy (non-hydrogen) atoms. The fourth-order valence-electron chi connectivity index (χ4n) is 5.73. The molecule has 4 aromatic rings. The van der Waals surface area contributed by atoms with Gasteiger partial charge in [-0.1, -0.05) is 103 Å². The molecule has 2 aliphatic heterocycles. The maximum atomic E-state index is 14.8. The number of carbonyl (C=O) groups excluding carboxylic acids is 1. The van der Waals surface area contributed by atoms with Crippen molar-refractivity contribution in [1.82, 2.24) is 9.80 Å². The van der Waals surface area contributed by atoms with Gasteiger partial charge in [-0.25, -0.2) is 4.39 Å². The van der Waals surface area contributed by atoms with Crippen LogP contribution in [-0.4, -0.2) is 42.2 Å². The molecule has 1 saturated heterocycles. The molecule has 1 amide bonds. The first-order chi connectivity index (χ1) is 20.5. The molecule has 2 heterocycles. The zero-order valence-corrected chi connectivity index (χ0v) is 23.2. The lowest BCUT2D eigenvalue weighted by Crippen LogP contribution is -2.42. The Morgan fingerprint density at radius 2 is 1.28 bits per heavy atom. The van der Waals surface area contributed by atoms with Crippen LogP contribution in [0.1, 0.15) is 27.8 Å². The number of hydrogen-bond acceptors (Lipinski definition) is 5. The molecular formula is C32H24F4N2O4S. The predicted octanol–water partition coefficient (Wildman–Crippen LogP) is 6.01. The molecule has 1 unspecified atom stereocenters. The SMILES string of the molecule is O=C([C@@H]1CN1C(c1ccccc1)(c1ccccc1)c1ccccc1)N1C=C(OS(=O)(=O)C(F)(F)F)c2c(F)cccc2C1. The fraction of sp³-hybridized carbons (Fsp3) is 0.156. The van der Waals surface area contributed by atoms with Gasteiger partial charge in [0.25, 0.3) is 0 Å². The van der Waals surface area contributed by atoms with Gasteiger partial charge in [-0.2, -0.15) is 21.6 Å². The Balaban J connectivity index is 1.43. The van der Waals surface area contributed by atoms with Crippen LogP contribution >= 0.6 is 0 Å². The Morgan fingerprint density at radius 1 is 0.767 bits per heavy atom. The first-order valence-electron chi connectivity index (χ1n) is 13.3. The number of alkyl halides is 3. The second kappa shape index (κ2) is 10.7. The van der Waals surface area contributed by atoms with Gasteiger partial charge in [-0.3, -0.25) is 9.69 Å². The minimum absolute atomic E-state index is 0.107. The molecule has 0 radical (unpaired) electrons. The quantitative estimate of drug-likeness (QED) is 0.0846. The van der Waals surface area contributed by atoms with Gasteiger partial charge in [0.1, 0.15) is 11.9 Å². The van der Waals surface area contributed by atoms with Crippen LogP contribution in [0.5, 0.6) is 0 Å². The van der Waals surface area contributed by atoms with Crippen LogP contribution in [0, 0.1) is 5.82 Å². The third-order valence-electron chi connectivity index (χ3n) is 7.63. The van der Waals surface area contributed by atoms with Crippen molar-refractivity contribution >= 4 is 21.8 Å². The molecule has 0 bridgehead atoms. The standard InChI is InChI=1S/C32H24F4N2O4S/c33-26-18-10-11-22-19-37(21-28(29(22)26)42-43(40,41)32(34,35)36)30(39)27-20-38(27)31(23-12-4-1-5-13-23,24-14-6-2-7-15-24)25-16-8-3-9-17-25/h1-18,21,27H,19-20H2/t27-,38?/m0/s1. The van der Waals surface area contributed by atoms with Crippen LogP contribution in [0.25, 0.3) is 5.76 Å². The molecule has 1 fully saturated rings. The average molecular weight is 609 g/mol. The topological polar surface area (TPSA) is 66.7 Å². The lowest BCUT2D eigenvalue weighted by molar-refractivity contribution is -0.129. The summed E-state index contributed by atoms with van der Waals surface area (Å²) in [7, 11) is -6.14. The Hall–Kier alpha value is -4.48. The molecule has 0 saturated carbocycles. The number of halogens is 4. The van der Waals surface area contributed by atoms with E-state index in [-0.39, 0.29) is 18.7 Å². The Kier molecular flexibility index (Phi) is 7.10. The van der Waals surface area contributed by atoms with Crippen molar-refractivity contribution in [3.8, 4) is 0 Å². The van der Waals surface area contributed by atoms with E-state index in [2.05, 4.69) is 4.18 Å². The second-order valence-electron chi connectivity index (χ2n) is 10.2. The van der Waals surface area contributed by atoms with Gasteiger partial charge in [0.15, 0.2) is 5.76 Å². The second-order valence-corrected chi connectivity index (χ2v) is 11.7. The monoisotopic (exact) mass is 608 g/mol. The van der Waals surface area contributed by atoms with Crippen LogP contribution in [0.2, 0.25) is 0 Å². The van der Waals surface area contributed by atoms with Crippen LogP contribution < -0.4 is 0 Å². The molecule has 0 N–H and O–H groups in total. The molecule has 2 atom stereocenters. The number of nitrogens with zero attached hydrogens (tertiary/aromatic N) is 2. The highest BCUT2D eigenvalue weighted by atomic mass is 32.2. The minimum Gasteiger partial charge on any atom is -0.374 e. The summed E-state index contributed by atoms with van der Waals surface area (Å²) in [6.45, 7) is 0.0963. The van der Waals surface area contributed by atoms with Crippen molar-refractivity contribution in [2.75, 3.05) is 6.54 Å². The lowest BCUT2D eigenvalue weighted by atomic mass is 9.76. The summed E-state index contributed by atoms with van der Waals surface area (Å²) in [4.78, 5) is 17.1. The van der Waals surface area contributed by atoms with E-state index < -0.39 is 50.3 Å². The average Bonchev–Trinajstić information content (AvgIpc) is 3.79. The summed E-state index contributed by atoms with van der Waals surface area (Å²) in [6.07, 6.45) is 0.836. The Morgan fingerprint density at radius 3 is 1.77 bits per heavy atom. The van der Waals surface area contributed by atoms with E-state index in [1.807, 2.05) is 95.9 Å². The molecule has 4 aromatic carbocycles. The molecule has 11 heteroatoms. The summed E-state index contributed by atoms with van der Waals surface area (Å²) in [5.41, 5.74) is -4.32. The minimum atomic E-state index is -6.14. The predicted molar refractivity (Wildman–Crippen MR) is 151 cm³/mol. The van der Waals surface area contributed by atoms with Gasteiger partial charge >= 0.3 is 15.6 Å². The molecule has 6 rings (SSSR count). The van der Waals surface area contributed by atoms with Crippen molar-refractivity contribution < 1.29 is 35.0 Å². The first-order valence-corrected chi connectivity index (χ1v) is 14.7. The number of hydrogen-bond donors (Lipinski definition) is 0. The van der Waals surface area contributed by atoms with E-state index in [4.69, 9.17) is 0 Å². The van der Waals surface area contributed by atoms with Crippen molar-refractivity contribution in [3.05, 3.63) is 149 Å². The largest absolute Gasteiger partial charge is 0.534 e. The summed E-state index contributed by atoms with van der Waals surface area (Å²) in [6, 6.07) is 31.8. The van der Waals surface area contributed by atoms with E-state index in [9.17, 15) is 30.8 Å². The van der Waals surface area contributed by atoms with Gasteiger partial charge in [-0.05, 0) is 28.3 Å². The van der Waals surface area contributed by atoms with Crippen molar-refractivity contribution in [3.63, 3.8) is 0 Å². The van der Waals surface area contributed by atoms with Gasteiger partial charge in [0.2, 0.25) is 5.91 Å². The maximum absolute atomic E-state index is 14.8. The maximum Gasteiger partial charge on any atom is 0.534 e. The molecular weight excluding hydrogens is 584 g/mol. The normalized spacial score (nSPS) is 18.4. The number of amides is 1. The number of fused-ring (bicyclic) bond motifs is 1. The molecule has 0 aromatic heterocycles. The third-order valence-corrected chi connectivity index (χ3v) is 8.59. The van der Waals surface area contributed by atoms with Crippen molar-refractivity contribution in [2.24, 2.45) is 0 Å². The first kappa shape index (κ1) is 28.6. The van der Waals surface area contributed by atoms with Crippen molar-refractivity contribution in [1.29, 1.82) is 0 Å². The number of carbonyl (C=O) groups is 1. The lowest BCUT2D eigenvalue weighted by Gasteiger charge is -2.38. The highest BCUT2D eigenvalue weighted by Crippen LogP contribution is 2.49. The van der Waals surface area contributed by atoms with E-state index in [0.717, 1.165) is 33.9 Å². The molecule has 0 aliphatic carbocycles. The van der Waals surface area contributed by atoms with E-state index >= 15 is 0 Å². The van der Waals surface area contributed by atoms with Crippen molar-refractivity contribution in [2.45, 2.75) is 23.6 Å². The van der Waals surface area contributed by atoms with Gasteiger partial charge in [0, 0.05) is 6.54 Å². The third kappa shape index (κ3) is 4.98. The van der Waals surface area contributed by atoms with E-state index in [1.54, 1.807) is 0 Å². The van der Waals surface area contributed by atoms with E-state index in [1.165, 1.54) is 12.1 Å². The zero-order chi connectivity index (χ0) is 30.4. The molecule has 6 nitrogen and oxygen atoms in total. The van der Waals surface area contributed by atoms with Crippen LogP contribution in [0.3, 0.4) is 0 Å². The summed E-state index contributed by atoms with van der Waals surface area (Å²) >= 11 is 0. The smallest absolute Gasteiger partial charge is 0.374 e. The summed E-state index contributed by atoms with van der Waals surface area (Å²) in [5.74, 6) is -2.40. The van der Waals surface area contributed by atoms with Gasteiger partial charge in [-0.15, -0.1) is 0 Å². The summed E-state index contributed by atoms with van der Waals surface area (Å²) in [5, 5.41) is 0. The number of rotatable bonds is 7. The van der Waals surface area contributed by atoms with Crippen LogP contribution in [0.4, 0.5) is 17.6 Å². The van der Waals surface area contributed by atoms with Gasteiger partial charge in [0.05, 0.1) is 23.8 Å². The Labute approximate surface area is 245 Å². The van der Waals surface area contributed by atoms with Crippen LogP contribution in [-0.2, 0) is 31.2 Å². The Bertz CT molecular complexity index is 1700. The molecule has 2 aliphatic rings.